The first-order valence-electron chi connectivity index (χ1n) is 9.23. The molecule has 0 aliphatic carbocycles. The Morgan fingerprint density at radius 3 is 2.66 bits per heavy atom. The standard InChI is InChI=1S/C23H22N4O2/c1-16-14-27(15-25-16)21-9-7-17(11-22(21)29-3)8-10-23-24-13-20(26-23)18-5-4-6-19(12-18)28-2/h4-15H,1-3H3,(H,24,26)/b10-8+. The number of benzene rings is 2. The minimum atomic E-state index is 0.774. The molecule has 2 heterocycles. The van der Waals surface area contributed by atoms with Gasteiger partial charge in [-0.05, 0) is 42.8 Å². The topological polar surface area (TPSA) is 65.0 Å². The maximum Gasteiger partial charge on any atom is 0.143 e. The lowest BCUT2D eigenvalue weighted by Gasteiger charge is -2.09. The lowest BCUT2D eigenvalue weighted by molar-refractivity contribution is 0.413. The SMILES string of the molecule is COc1cccc(-c2cnc(/C=C/c3ccc(-n4cnc(C)c4)c(OC)c3)[nH]2)c1. The molecule has 0 aliphatic rings. The van der Waals surface area contributed by atoms with Crippen molar-refractivity contribution >= 4 is 12.2 Å². The van der Waals surface area contributed by atoms with Gasteiger partial charge in [-0.1, -0.05) is 24.3 Å². The van der Waals surface area contributed by atoms with Crippen LogP contribution in [0.3, 0.4) is 0 Å². The molecule has 2 aromatic carbocycles. The molecular formula is C23H22N4O2. The van der Waals surface area contributed by atoms with Gasteiger partial charge in [-0.25, -0.2) is 9.97 Å². The Labute approximate surface area is 169 Å². The van der Waals surface area contributed by atoms with Gasteiger partial charge < -0.3 is 19.0 Å². The molecule has 0 fully saturated rings. The third-order valence-corrected chi connectivity index (χ3v) is 4.60. The number of aryl methyl sites for hydroxylation is 1. The molecule has 0 spiro atoms. The molecule has 0 radical (unpaired) electrons. The number of hydrogen-bond acceptors (Lipinski definition) is 4. The van der Waals surface area contributed by atoms with E-state index < -0.39 is 0 Å². The summed E-state index contributed by atoms with van der Waals surface area (Å²) < 4.78 is 12.8. The third kappa shape index (κ3) is 4.06. The average Bonchev–Trinajstić information content (AvgIpc) is 3.41. The molecule has 0 bridgehead atoms. The smallest absolute Gasteiger partial charge is 0.143 e. The van der Waals surface area contributed by atoms with E-state index in [1.807, 2.05) is 78.5 Å². The summed E-state index contributed by atoms with van der Waals surface area (Å²) in [7, 11) is 3.33. The second-order valence-electron chi connectivity index (χ2n) is 6.60. The molecule has 0 saturated heterocycles. The van der Waals surface area contributed by atoms with Gasteiger partial charge in [-0.3, -0.25) is 0 Å². The highest BCUT2D eigenvalue weighted by Crippen LogP contribution is 2.26. The van der Waals surface area contributed by atoms with Crippen molar-refractivity contribution in [2.75, 3.05) is 14.2 Å². The van der Waals surface area contributed by atoms with Crippen LogP contribution >= 0.6 is 0 Å². The van der Waals surface area contributed by atoms with Crippen LogP contribution in [-0.4, -0.2) is 33.7 Å². The van der Waals surface area contributed by atoms with Gasteiger partial charge in [0.05, 0.1) is 43.8 Å². The Hall–Kier alpha value is -3.80. The summed E-state index contributed by atoms with van der Waals surface area (Å²) in [6.07, 6.45) is 9.51. The number of imidazole rings is 2. The molecule has 0 amide bonds. The number of methoxy groups -OCH3 is 2. The predicted octanol–water partition coefficient (Wildman–Crippen LogP) is 4.76. The van der Waals surface area contributed by atoms with Gasteiger partial charge >= 0.3 is 0 Å². The monoisotopic (exact) mass is 386 g/mol. The Bertz CT molecular complexity index is 1160. The Balaban J connectivity index is 1.55. The molecule has 0 atom stereocenters. The molecule has 146 valence electrons. The van der Waals surface area contributed by atoms with Crippen LogP contribution in [0, 0.1) is 6.92 Å². The first-order valence-corrected chi connectivity index (χ1v) is 9.23. The Kier molecular flexibility index (Phi) is 5.16. The number of aromatic nitrogens is 4. The van der Waals surface area contributed by atoms with E-state index in [0.29, 0.717) is 0 Å². The van der Waals surface area contributed by atoms with Crippen molar-refractivity contribution < 1.29 is 9.47 Å². The fraction of sp³-hybridized carbons (Fsp3) is 0.130. The van der Waals surface area contributed by atoms with Gasteiger partial charge in [0, 0.05) is 11.8 Å². The second kappa shape index (κ2) is 8.06. The Morgan fingerprint density at radius 1 is 1.00 bits per heavy atom. The van der Waals surface area contributed by atoms with Gasteiger partial charge in [0.1, 0.15) is 17.3 Å². The van der Waals surface area contributed by atoms with Crippen LogP contribution in [0.5, 0.6) is 11.5 Å². The third-order valence-electron chi connectivity index (χ3n) is 4.60. The maximum absolute atomic E-state index is 5.57. The summed E-state index contributed by atoms with van der Waals surface area (Å²) in [6, 6.07) is 13.9. The van der Waals surface area contributed by atoms with Crippen LogP contribution < -0.4 is 9.47 Å². The summed E-state index contributed by atoms with van der Waals surface area (Å²) in [5.41, 5.74) is 4.89. The van der Waals surface area contributed by atoms with E-state index in [4.69, 9.17) is 9.47 Å². The number of H-pyrrole nitrogens is 1. The van der Waals surface area contributed by atoms with Crippen molar-refractivity contribution in [2.45, 2.75) is 6.92 Å². The van der Waals surface area contributed by atoms with E-state index in [1.165, 1.54) is 0 Å². The largest absolute Gasteiger partial charge is 0.497 e. The zero-order valence-corrected chi connectivity index (χ0v) is 16.6. The van der Waals surface area contributed by atoms with Crippen molar-refractivity contribution in [3.8, 4) is 28.4 Å². The van der Waals surface area contributed by atoms with Gasteiger partial charge in [-0.2, -0.15) is 0 Å². The number of ether oxygens (including phenoxy) is 2. The van der Waals surface area contributed by atoms with E-state index in [1.54, 1.807) is 20.5 Å². The quantitative estimate of drug-likeness (QED) is 0.519. The first-order chi connectivity index (χ1) is 14.2. The van der Waals surface area contributed by atoms with Gasteiger partial charge in [0.2, 0.25) is 0 Å². The summed E-state index contributed by atoms with van der Waals surface area (Å²) in [6.45, 7) is 1.96. The molecule has 0 unspecified atom stereocenters. The number of aromatic amines is 1. The van der Waals surface area contributed by atoms with Crippen LogP contribution in [0.4, 0.5) is 0 Å². The van der Waals surface area contributed by atoms with Crippen LogP contribution in [0.25, 0.3) is 29.1 Å². The number of nitrogens with one attached hydrogen (secondary N) is 1. The van der Waals surface area contributed by atoms with E-state index in [2.05, 4.69) is 15.0 Å². The molecule has 2 aromatic heterocycles. The molecule has 4 rings (SSSR count). The minimum Gasteiger partial charge on any atom is -0.497 e. The van der Waals surface area contributed by atoms with Crippen molar-refractivity contribution in [2.24, 2.45) is 0 Å². The van der Waals surface area contributed by atoms with Crippen LogP contribution in [0.2, 0.25) is 0 Å². The van der Waals surface area contributed by atoms with E-state index in [0.717, 1.165) is 45.5 Å². The summed E-state index contributed by atoms with van der Waals surface area (Å²) in [4.78, 5) is 12.0. The van der Waals surface area contributed by atoms with Crippen molar-refractivity contribution in [3.63, 3.8) is 0 Å². The molecule has 6 heteroatoms. The van der Waals surface area contributed by atoms with E-state index in [9.17, 15) is 0 Å². The molecule has 6 nitrogen and oxygen atoms in total. The minimum absolute atomic E-state index is 0.774. The van der Waals surface area contributed by atoms with Gasteiger partial charge in [-0.15, -0.1) is 0 Å². The Morgan fingerprint density at radius 2 is 1.90 bits per heavy atom. The highest BCUT2D eigenvalue weighted by molar-refractivity contribution is 5.70. The van der Waals surface area contributed by atoms with Gasteiger partial charge in [0.15, 0.2) is 0 Å². The molecule has 4 aromatic rings. The predicted molar refractivity (Wildman–Crippen MR) is 114 cm³/mol. The molecule has 1 N–H and O–H groups in total. The highest BCUT2D eigenvalue weighted by Gasteiger charge is 2.07. The van der Waals surface area contributed by atoms with Crippen molar-refractivity contribution in [1.82, 2.24) is 19.5 Å². The first kappa shape index (κ1) is 18.6. The van der Waals surface area contributed by atoms with Crippen molar-refractivity contribution in [1.29, 1.82) is 0 Å². The molecular weight excluding hydrogens is 364 g/mol. The maximum atomic E-state index is 5.57. The highest BCUT2D eigenvalue weighted by atomic mass is 16.5. The van der Waals surface area contributed by atoms with Gasteiger partial charge in [0.25, 0.3) is 0 Å². The second-order valence-corrected chi connectivity index (χ2v) is 6.60. The molecule has 0 saturated carbocycles. The number of hydrogen-bond donors (Lipinski definition) is 1. The van der Waals surface area contributed by atoms with Crippen LogP contribution in [-0.2, 0) is 0 Å². The van der Waals surface area contributed by atoms with Crippen molar-refractivity contribution in [3.05, 3.63) is 78.3 Å². The van der Waals surface area contributed by atoms with E-state index in [-0.39, 0.29) is 0 Å². The normalized spacial score (nSPS) is 11.1. The van der Waals surface area contributed by atoms with E-state index >= 15 is 0 Å². The lowest BCUT2D eigenvalue weighted by atomic mass is 10.1. The molecule has 0 aliphatic heterocycles. The summed E-state index contributed by atoms with van der Waals surface area (Å²) >= 11 is 0. The number of rotatable bonds is 6. The zero-order chi connectivity index (χ0) is 20.2. The molecule has 29 heavy (non-hydrogen) atoms. The van der Waals surface area contributed by atoms with Crippen LogP contribution in [0.1, 0.15) is 17.1 Å². The number of nitrogens with zero attached hydrogens (tertiary/aromatic N) is 3. The zero-order valence-electron chi connectivity index (χ0n) is 16.6. The summed E-state index contributed by atoms with van der Waals surface area (Å²) in [5, 5.41) is 0. The average molecular weight is 386 g/mol. The summed E-state index contributed by atoms with van der Waals surface area (Å²) in [5.74, 6) is 2.37. The fourth-order valence-corrected chi connectivity index (χ4v) is 3.10. The lowest BCUT2D eigenvalue weighted by Crippen LogP contribution is -1.95. The van der Waals surface area contributed by atoms with Crippen LogP contribution in [0.15, 0.2) is 61.2 Å². The fourth-order valence-electron chi connectivity index (χ4n) is 3.10.